The van der Waals surface area contributed by atoms with Crippen molar-refractivity contribution in [3.8, 4) is 0 Å². The maximum atomic E-state index is 12.4. The maximum Gasteiger partial charge on any atom is 0.407 e. The van der Waals surface area contributed by atoms with Crippen LogP contribution >= 0.6 is 0 Å². The SMILES string of the molecule is C[C@]12CC[C@H](N(CCCN3CCOCC3)C(=O)O)C[C@H]1CC[C@@H]1[C@@H]2C[C@@H](O)[C@]2(C)[C@@H](C3=CC(=O)OC3)CC[C@]12O. The van der Waals surface area contributed by atoms with Gasteiger partial charge < -0.3 is 29.7 Å². The first kappa shape index (κ1) is 28.4. The second kappa shape index (κ2) is 10.5. The Morgan fingerprint density at radius 2 is 1.88 bits per heavy atom. The predicted octanol–water partition coefficient (Wildman–Crippen LogP) is 3.29. The molecule has 0 bridgehead atoms. The smallest absolute Gasteiger partial charge is 0.407 e. The van der Waals surface area contributed by atoms with Crippen LogP contribution in [0.5, 0.6) is 0 Å². The molecule has 9 heteroatoms. The summed E-state index contributed by atoms with van der Waals surface area (Å²) in [7, 11) is 0. The highest BCUT2D eigenvalue weighted by Gasteiger charge is 2.70. The quantitative estimate of drug-likeness (QED) is 0.424. The summed E-state index contributed by atoms with van der Waals surface area (Å²) in [4.78, 5) is 28.2. The number of nitrogens with zero attached hydrogens (tertiary/aromatic N) is 2. The number of rotatable bonds is 6. The Balaban J connectivity index is 1.15. The summed E-state index contributed by atoms with van der Waals surface area (Å²) in [6.07, 6.45) is 7.50. The third-order valence-electron chi connectivity index (χ3n) is 12.7. The third-order valence-corrected chi connectivity index (χ3v) is 12.7. The Kier molecular flexibility index (Phi) is 7.50. The number of cyclic esters (lactones) is 1. The number of aliphatic hydroxyl groups is 2. The van der Waals surface area contributed by atoms with Gasteiger partial charge in [0.25, 0.3) is 0 Å². The molecule has 1 saturated heterocycles. The molecule has 4 aliphatic carbocycles. The van der Waals surface area contributed by atoms with E-state index >= 15 is 0 Å². The van der Waals surface area contributed by atoms with Crippen LogP contribution in [0.3, 0.4) is 0 Å². The van der Waals surface area contributed by atoms with Gasteiger partial charge in [-0.3, -0.25) is 4.90 Å². The molecule has 9 atom stereocenters. The number of fused-ring (bicyclic) bond motifs is 5. The highest BCUT2D eigenvalue weighted by Crippen LogP contribution is 2.70. The monoisotopic (exact) mass is 560 g/mol. The number of esters is 1. The number of ether oxygens (including phenoxy) is 2. The average Bonchev–Trinajstić information content (AvgIpc) is 3.48. The van der Waals surface area contributed by atoms with Crippen molar-refractivity contribution in [2.45, 2.75) is 89.4 Å². The van der Waals surface area contributed by atoms with Gasteiger partial charge in [-0.05, 0) is 92.4 Å². The van der Waals surface area contributed by atoms with Gasteiger partial charge in [-0.15, -0.1) is 0 Å². The molecule has 2 heterocycles. The van der Waals surface area contributed by atoms with Crippen LogP contribution in [0.25, 0.3) is 0 Å². The first-order valence-electron chi connectivity index (χ1n) is 15.6. The molecule has 1 amide bonds. The molecule has 5 fully saturated rings. The molecule has 4 saturated carbocycles. The zero-order chi connectivity index (χ0) is 28.3. The maximum absolute atomic E-state index is 12.4. The van der Waals surface area contributed by atoms with Gasteiger partial charge in [0, 0.05) is 43.7 Å². The molecule has 0 radical (unpaired) electrons. The van der Waals surface area contributed by atoms with Crippen molar-refractivity contribution in [1.29, 1.82) is 0 Å². The molecule has 40 heavy (non-hydrogen) atoms. The number of aliphatic hydroxyl groups excluding tert-OH is 1. The first-order valence-corrected chi connectivity index (χ1v) is 15.6. The van der Waals surface area contributed by atoms with Crippen LogP contribution in [0.15, 0.2) is 11.6 Å². The fraction of sp³-hybridized carbons (Fsp3) is 0.871. The molecule has 6 rings (SSSR count). The molecule has 3 N–H and O–H groups in total. The van der Waals surface area contributed by atoms with Gasteiger partial charge in [-0.2, -0.15) is 0 Å². The van der Waals surface area contributed by atoms with Crippen LogP contribution in [0, 0.1) is 34.5 Å². The number of carbonyl (C=O) groups is 2. The number of carbonyl (C=O) groups excluding carboxylic acids is 1. The molecule has 0 aromatic heterocycles. The molecular formula is C31H48N2O7. The number of hydrogen-bond donors (Lipinski definition) is 3. The van der Waals surface area contributed by atoms with Crippen LogP contribution in [0.1, 0.15) is 71.6 Å². The third kappa shape index (κ3) is 4.41. The summed E-state index contributed by atoms with van der Waals surface area (Å²) in [5.74, 6) is 0.316. The van der Waals surface area contributed by atoms with E-state index in [1.165, 1.54) is 0 Å². The van der Waals surface area contributed by atoms with Crippen LogP contribution in [0.4, 0.5) is 4.79 Å². The summed E-state index contributed by atoms with van der Waals surface area (Å²) in [6, 6.07) is 0.0291. The summed E-state index contributed by atoms with van der Waals surface area (Å²) in [5.41, 5.74) is -0.790. The second-order valence-corrected chi connectivity index (χ2v) is 14.1. The van der Waals surface area contributed by atoms with Crippen LogP contribution in [-0.4, -0.2) is 101 Å². The van der Waals surface area contributed by atoms with Crippen molar-refractivity contribution in [3.05, 3.63) is 11.6 Å². The van der Waals surface area contributed by atoms with E-state index in [1.807, 2.05) is 6.92 Å². The topological polar surface area (TPSA) is 120 Å². The number of amides is 1. The van der Waals surface area contributed by atoms with Gasteiger partial charge in [-0.25, -0.2) is 9.59 Å². The zero-order valence-electron chi connectivity index (χ0n) is 24.2. The van der Waals surface area contributed by atoms with Gasteiger partial charge in [0.1, 0.15) is 6.61 Å². The van der Waals surface area contributed by atoms with E-state index in [-0.39, 0.29) is 41.8 Å². The van der Waals surface area contributed by atoms with Crippen molar-refractivity contribution in [3.63, 3.8) is 0 Å². The molecule has 6 aliphatic rings. The van der Waals surface area contributed by atoms with E-state index < -0.39 is 23.2 Å². The van der Waals surface area contributed by atoms with E-state index in [9.17, 15) is 24.9 Å². The van der Waals surface area contributed by atoms with Crippen molar-refractivity contribution in [2.24, 2.45) is 34.5 Å². The Bertz CT molecular complexity index is 1030. The second-order valence-electron chi connectivity index (χ2n) is 14.1. The van der Waals surface area contributed by atoms with E-state index in [0.29, 0.717) is 25.3 Å². The molecule has 0 spiro atoms. The normalized spacial score (nSPS) is 45.2. The lowest BCUT2D eigenvalue weighted by atomic mass is 9.42. The summed E-state index contributed by atoms with van der Waals surface area (Å²) >= 11 is 0. The Hall–Kier alpha value is -1.68. The van der Waals surface area contributed by atoms with Crippen molar-refractivity contribution in [1.82, 2.24) is 9.80 Å². The standard InChI is InChI=1S/C31H48N2O7/c1-29-8-6-22(33(28(36)37)11-3-10-32-12-14-39-15-13-32)17-21(29)4-5-24-25(29)18-26(34)30(2)23(7-9-31(24,30)38)20-16-27(35)40-19-20/h16,21-26,34,38H,3-15,17-19H2,1-2H3,(H,36,37)/t21-,22+,23-,24-,25+,26-,29+,30+,31+/m1/s1. The van der Waals surface area contributed by atoms with Crippen molar-refractivity contribution in [2.75, 3.05) is 46.0 Å². The summed E-state index contributed by atoms with van der Waals surface area (Å²) < 4.78 is 10.7. The lowest BCUT2D eigenvalue weighted by molar-refractivity contribution is -0.243. The highest BCUT2D eigenvalue weighted by molar-refractivity contribution is 5.85. The molecular weight excluding hydrogens is 512 g/mol. The Morgan fingerprint density at radius 1 is 1.10 bits per heavy atom. The minimum atomic E-state index is -0.982. The molecule has 9 nitrogen and oxygen atoms in total. The fourth-order valence-electron chi connectivity index (χ4n) is 10.4. The Morgan fingerprint density at radius 3 is 2.58 bits per heavy atom. The van der Waals surface area contributed by atoms with E-state index in [0.717, 1.165) is 83.4 Å². The lowest BCUT2D eigenvalue weighted by Crippen LogP contribution is -2.67. The minimum Gasteiger partial charge on any atom is -0.465 e. The van der Waals surface area contributed by atoms with Gasteiger partial charge in [0.15, 0.2) is 0 Å². The van der Waals surface area contributed by atoms with Crippen LogP contribution in [-0.2, 0) is 14.3 Å². The van der Waals surface area contributed by atoms with Gasteiger partial charge in [0.2, 0.25) is 0 Å². The molecule has 0 aromatic carbocycles. The van der Waals surface area contributed by atoms with Crippen LogP contribution < -0.4 is 0 Å². The first-order chi connectivity index (χ1) is 19.1. The minimum absolute atomic E-state index is 0.0286. The van der Waals surface area contributed by atoms with Gasteiger partial charge in [0.05, 0.1) is 24.9 Å². The van der Waals surface area contributed by atoms with E-state index in [2.05, 4.69) is 11.8 Å². The van der Waals surface area contributed by atoms with E-state index in [4.69, 9.17) is 9.47 Å². The van der Waals surface area contributed by atoms with Crippen molar-refractivity contribution >= 4 is 12.1 Å². The average molecular weight is 561 g/mol. The lowest BCUT2D eigenvalue weighted by Gasteiger charge is -2.65. The number of hydrogen-bond acceptors (Lipinski definition) is 7. The molecule has 0 unspecified atom stereocenters. The van der Waals surface area contributed by atoms with Crippen molar-refractivity contribution < 1.29 is 34.4 Å². The van der Waals surface area contributed by atoms with Gasteiger partial charge in [-0.1, -0.05) is 13.8 Å². The zero-order valence-corrected chi connectivity index (χ0v) is 24.2. The summed E-state index contributed by atoms with van der Waals surface area (Å²) in [5, 5.41) is 34.3. The van der Waals surface area contributed by atoms with Crippen LogP contribution in [0.2, 0.25) is 0 Å². The largest absolute Gasteiger partial charge is 0.465 e. The predicted molar refractivity (Wildman–Crippen MR) is 148 cm³/mol. The van der Waals surface area contributed by atoms with E-state index in [1.54, 1.807) is 11.0 Å². The Labute approximate surface area is 237 Å². The molecule has 224 valence electrons. The molecule has 0 aromatic rings. The summed E-state index contributed by atoms with van der Waals surface area (Å²) in [6.45, 7) is 9.47. The fourth-order valence-corrected chi connectivity index (χ4v) is 10.4. The number of carboxylic acid groups (broad SMARTS) is 1. The number of morpholine rings is 1. The molecule has 2 aliphatic heterocycles. The van der Waals surface area contributed by atoms with Gasteiger partial charge >= 0.3 is 12.1 Å². The highest BCUT2D eigenvalue weighted by atomic mass is 16.5.